The topological polar surface area (TPSA) is 0 Å². The van der Waals surface area contributed by atoms with Gasteiger partial charge < -0.3 is 0 Å². The smallest absolute Gasteiger partial charge is 0 e. The Morgan fingerprint density at radius 2 is 1.00 bits per heavy atom. The Morgan fingerprint density at radius 3 is 1.00 bits per heavy atom. The van der Waals surface area contributed by atoms with E-state index in [0.717, 1.165) is 0 Å². The zero-order chi connectivity index (χ0) is 0. The molecule has 0 saturated heterocycles. The van der Waals surface area contributed by atoms with E-state index in [1.807, 2.05) is 0 Å². The first kappa shape index (κ1) is 63.8. The standard InChI is InChI=1S/Mo.Re.Ta.Th.Ti.V.W.Zr. The van der Waals surface area contributed by atoms with Crippen molar-refractivity contribution in [2.45, 2.75) is 0 Å². The van der Waals surface area contributed by atoms with Crippen LogP contribution in [0.15, 0.2) is 0 Å². The van der Waals surface area contributed by atoms with Crippen molar-refractivity contribution in [2.75, 3.05) is 0 Å². The molecule has 0 heterocycles. The van der Waals surface area contributed by atoms with Crippen LogP contribution >= 0.6 is 0 Å². The minimum Gasteiger partial charge on any atom is 0 e. The normalized spacial score (nSPS) is 0. The zero-order valence-electron chi connectivity index (χ0n) is 3.59. The molecule has 41 valence electrons. The molecule has 0 aliphatic carbocycles. The zero-order valence-corrected chi connectivity index (χ0v) is 24.0. The fourth-order valence-corrected chi connectivity index (χ4v) is 0. The van der Waals surface area contributed by atoms with E-state index in [0.29, 0.717) is 0 Å². The molecule has 0 rings (SSSR count). The molecule has 8 heteroatoms. The van der Waals surface area contributed by atoms with Crippen LogP contribution < -0.4 is 0 Å². The summed E-state index contributed by atoms with van der Waals surface area (Å²) in [5.74, 6) is 0. The van der Waals surface area contributed by atoms with Crippen LogP contribution in [0.1, 0.15) is 0 Å². The molecule has 0 fully saturated rings. The molecular formula is MoReTaThTiVWZr. The van der Waals surface area contributed by atoms with Gasteiger partial charge in [-0.15, -0.1) is 0 Å². The summed E-state index contributed by atoms with van der Waals surface area (Å²) >= 11 is 0. The fourth-order valence-electron chi connectivity index (χ4n) is 0. The predicted molar refractivity (Wildman–Crippen MR) is 0 cm³/mol. The van der Waals surface area contributed by atoms with Crippen LogP contribution in [-0.2, 0) is 151 Å². The summed E-state index contributed by atoms with van der Waals surface area (Å²) in [7, 11) is 0. The molecule has 0 saturated carbocycles. The van der Waals surface area contributed by atoms with E-state index in [2.05, 4.69) is 0 Å². The summed E-state index contributed by atoms with van der Waals surface area (Å²) < 4.78 is 0. The maximum atomic E-state index is 0. The fraction of sp³-hybridized carbons (Fsp3) is 0. The summed E-state index contributed by atoms with van der Waals surface area (Å²) in [6.07, 6.45) is 0. The van der Waals surface area contributed by atoms with Crippen molar-refractivity contribution in [3.63, 3.8) is 0 Å². The molecule has 0 aliphatic rings. The van der Waals surface area contributed by atoms with Crippen LogP contribution in [0, 0.1) is 39.9 Å². The van der Waals surface area contributed by atoms with Gasteiger partial charge in [-0.2, -0.15) is 0 Å². The molecule has 0 aliphatic heterocycles. The van der Waals surface area contributed by atoms with E-state index in [1.165, 1.54) is 0 Å². The van der Waals surface area contributed by atoms with E-state index < -0.39 is 0 Å². The molecule has 0 atom stereocenters. The van der Waals surface area contributed by atoms with Crippen molar-refractivity contribution in [1.29, 1.82) is 0 Å². The second-order valence-electron chi connectivity index (χ2n) is 0. The van der Waals surface area contributed by atoms with Gasteiger partial charge in [-0.3, -0.25) is 0 Å². The first-order valence-electron chi connectivity index (χ1n) is 0. The first-order valence-corrected chi connectivity index (χ1v) is 0. The maximum absolute atomic E-state index is 0. The van der Waals surface area contributed by atoms with Gasteiger partial charge in [-0.1, -0.05) is 0 Å². The van der Waals surface area contributed by atoms with Gasteiger partial charge in [0.2, 0.25) is 0 Å². The molecule has 0 amide bonds. The quantitative estimate of drug-likeness (QED) is 0.300. The third-order valence-corrected chi connectivity index (χ3v) is 0. The molecular weight excluding hydrogens is 1070 g/mol. The summed E-state index contributed by atoms with van der Waals surface area (Å²) in [6, 6.07) is 0. The van der Waals surface area contributed by atoms with Gasteiger partial charge in [0.15, 0.2) is 0 Å². The number of hydrogen-bond donors (Lipinski definition) is 0. The molecule has 0 aromatic heterocycles. The van der Waals surface area contributed by atoms with Crippen LogP contribution in [0.5, 0.6) is 0 Å². The Morgan fingerprint density at radius 1 is 1.00 bits per heavy atom. The van der Waals surface area contributed by atoms with Crippen molar-refractivity contribution in [1.82, 2.24) is 0 Å². The van der Waals surface area contributed by atoms with E-state index in [1.54, 1.807) is 0 Å². The van der Waals surface area contributed by atoms with Crippen LogP contribution in [0.4, 0.5) is 0 Å². The van der Waals surface area contributed by atoms with Gasteiger partial charge in [0, 0.05) is 191 Å². The van der Waals surface area contributed by atoms with Gasteiger partial charge in [0.25, 0.3) is 0 Å². The predicted octanol–water partition coefficient (Wildman–Crippen LogP) is -0.0175. The third-order valence-electron chi connectivity index (χ3n) is 0. The summed E-state index contributed by atoms with van der Waals surface area (Å²) in [5.41, 5.74) is 0. The average molecular weight is 1070 g/mol. The van der Waals surface area contributed by atoms with E-state index in [4.69, 9.17) is 0 Å². The summed E-state index contributed by atoms with van der Waals surface area (Å²) in [5, 5.41) is 0. The Bertz CT molecular complexity index is 24.0. The minimum atomic E-state index is 0. The van der Waals surface area contributed by atoms with Gasteiger partial charge in [0.1, 0.15) is 0 Å². The monoisotopic (exact) mass is 1070 g/mol. The molecule has 0 unspecified atom stereocenters. The molecule has 0 spiro atoms. The Hall–Kier alpha value is 6.29. The van der Waals surface area contributed by atoms with E-state index >= 15 is 0 Å². The van der Waals surface area contributed by atoms with Crippen molar-refractivity contribution in [3.05, 3.63) is 0 Å². The second kappa shape index (κ2) is 50.8. The Balaban J connectivity index is 0. The molecule has 3 radical (unpaired) electrons. The molecule has 0 nitrogen and oxygen atoms in total. The molecule has 0 aromatic carbocycles. The number of rotatable bonds is 0. The van der Waals surface area contributed by atoms with Crippen LogP contribution in [0.25, 0.3) is 0 Å². The van der Waals surface area contributed by atoms with Gasteiger partial charge in [-0.05, 0) is 0 Å². The molecule has 0 bridgehead atoms. The van der Waals surface area contributed by atoms with Crippen LogP contribution in [0.3, 0.4) is 0 Å². The van der Waals surface area contributed by atoms with Gasteiger partial charge in [-0.25, -0.2) is 0 Å². The van der Waals surface area contributed by atoms with Crippen molar-refractivity contribution in [2.24, 2.45) is 0 Å². The van der Waals surface area contributed by atoms with E-state index in [9.17, 15) is 0 Å². The molecule has 0 aromatic rings. The Kier molecular flexibility index (Phi) is 405. The van der Waals surface area contributed by atoms with E-state index in [-0.39, 0.29) is 191 Å². The SMILES string of the molecule is [Mo].[Re].[Ta].[Th].[Ti].[V].[W].[Zr]. The minimum absolute atomic E-state index is 0. The van der Waals surface area contributed by atoms with Crippen LogP contribution in [0.2, 0.25) is 0 Å². The number of hydrogen-bond acceptors (Lipinski definition) is 0. The van der Waals surface area contributed by atoms with Crippen molar-refractivity contribution >= 4 is 0 Å². The van der Waals surface area contributed by atoms with Crippen LogP contribution in [-0.4, -0.2) is 0 Å². The van der Waals surface area contributed by atoms with Crippen molar-refractivity contribution < 1.29 is 191 Å². The molecule has 8 heavy (non-hydrogen) atoms. The first-order chi connectivity index (χ1) is 0. The summed E-state index contributed by atoms with van der Waals surface area (Å²) in [6.45, 7) is 0. The van der Waals surface area contributed by atoms with Gasteiger partial charge >= 0.3 is 0 Å². The van der Waals surface area contributed by atoms with Crippen molar-refractivity contribution in [3.8, 4) is 0 Å². The Labute approximate surface area is 186 Å². The average Bonchev–Trinajstić information content (AvgIpc) is 0. The summed E-state index contributed by atoms with van der Waals surface area (Å²) in [4.78, 5) is 0. The second-order valence-corrected chi connectivity index (χ2v) is 0. The largest absolute Gasteiger partial charge is 0 e. The third kappa shape index (κ3) is 39.6. The van der Waals surface area contributed by atoms with Gasteiger partial charge in [0.05, 0.1) is 0 Å². The molecule has 0 N–H and O–H groups in total. The maximum Gasteiger partial charge on any atom is 0 e.